The molecule has 2 heterocycles. The van der Waals surface area contributed by atoms with E-state index < -0.39 is 0 Å². The average molecular weight is 377 g/mol. The molecule has 2 aromatic carbocycles. The molecule has 6 nitrogen and oxygen atoms in total. The van der Waals surface area contributed by atoms with E-state index in [1.807, 2.05) is 24.3 Å². The highest BCUT2D eigenvalue weighted by molar-refractivity contribution is 5.79. The van der Waals surface area contributed by atoms with E-state index in [9.17, 15) is 9.59 Å². The van der Waals surface area contributed by atoms with E-state index in [1.54, 1.807) is 10.7 Å². The highest BCUT2D eigenvalue weighted by atomic mass is 16.1. The minimum absolute atomic E-state index is 0.0375. The molecule has 0 aliphatic carbocycles. The van der Waals surface area contributed by atoms with E-state index >= 15 is 0 Å². The molecule has 1 fully saturated rings. The lowest BCUT2D eigenvalue weighted by Crippen LogP contribution is -3.09. The fourth-order valence-electron chi connectivity index (χ4n) is 3.95. The number of aromatic nitrogens is 2. The molecule has 1 unspecified atom stereocenters. The number of likely N-dealkylation sites (tertiary alicyclic amines) is 1. The van der Waals surface area contributed by atoms with Crippen LogP contribution < -0.4 is 15.6 Å². The molecule has 1 aromatic heterocycles. The first kappa shape index (κ1) is 18.4. The van der Waals surface area contributed by atoms with Crippen molar-refractivity contribution in [3.63, 3.8) is 0 Å². The van der Waals surface area contributed by atoms with Crippen molar-refractivity contribution in [3.8, 4) is 0 Å². The molecule has 1 aliphatic rings. The van der Waals surface area contributed by atoms with Crippen molar-refractivity contribution in [2.45, 2.75) is 32.0 Å². The average Bonchev–Trinajstić information content (AvgIpc) is 3.15. The van der Waals surface area contributed by atoms with Crippen LogP contribution in [0.4, 0.5) is 0 Å². The second-order valence-electron chi connectivity index (χ2n) is 7.42. The number of nitrogens with zero attached hydrogens (tertiary/aromatic N) is 2. The lowest BCUT2D eigenvalue weighted by Gasteiger charge is -2.15. The molecule has 4 rings (SSSR count). The first-order chi connectivity index (χ1) is 13.7. The summed E-state index contributed by atoms with van der Waals surface area (Å²) in [6.07, 6.45) is 2.68. The van der Waals surface area contributed by atoms with Crippen molar-refractivity contribution in [1.29, 1.82) is 0 Å². The van der Waals surface area contributed by atoms with Gasteiger partial charge in [0.15, 0.2) is 0 Å². The van der Waals surface area contributed by atoms with Crippen LogP contribution in [0.3, 0.4) is 0 Å². The first-order valence-electron chi connectivity index (χ1n) is 9.81. The minimum Gasteiger partial charge on any atom is -0.347 e. The third-order valence-electron chi connectivity index (χ3n) is 5.36. The number of amides is 1. The van der Waals surface area contributed by atoms with E-state index in [0.29, 0.717) is 18.4 Å². The highest BCUT2D eigenvalue weighted by Gasteiger charge is 2.27. The second kappa shape index (κ2) is 8.35. The summed E-state index contributed by atoms with van der Waals surface area (Å²) < 4.78 is 1.73. The Labute approximate surface area is 163 Å². The van der Waals surface area contributed by atoms with E-state index in [0.717, 1.165) is 31.6 Å². The number of nitrogens with one attached hydrogen (secondary N) is 2. The molecule has 1 saturated heterocycles. The number of fused-ring (bicyclic) bond motifs is 1. The number of carbonyl (C=O) groups is 1. The Hall–Kier alpha value is -2.99. The molecule has 28 heavy (non-hydrogen) atoms. The second-order valence-corrected chi connectivity index (χ2v) is 7.42. The molecule has 3 aromatic rings. The number of rotatable bonds is 6. The van der Waals surface area contributed by atoms with Crippen LogP contribution in [-0.4, -0.2) is 34.8 Å². The molecule has 2 N–H and O–H groups in total. The van der Waals surface area contributed by atoms with Crippen LogP contribution in [0.2, 0.25) is 0 Å². The van der Waals surface area contributed by atoms with E-state index in [1.165, 1.54) is 16.7 Å². The molecule has 0 saturated carbocycles. The summed E-state index contributed by atoms with van der Waals surface area (Å²) in [5.41, 5.74) is 2.01. The van der Waals surface area contributed by atoms with Gasteiger partial charge in [0.05, 0.1) is 37.4 Å². The van der Waals surface area contributed by atoms with Crippen LogP contribution in [0.5, 0.6) is 0 Å². The molecule has 0 spiro atoms. The van der Waals surface area contributed by atoms with Gasteiger partial charge < -0.3 is 10.2 Å². The topological polar surface area (TPSA) is 68.4 Å². The maximum atomic E-state index is 12.4. The maximum Gasteiger partial charge on any atom is 0.222 e. The maximum absolute atomic E-state index is 12.4. The lowest BCUT2D eigenvalue weighted by molar-refractivity contribution is -0.901. The van der Waals surface area contributed by atoms with Gasteiger partial charge in [0.2, 0.25) is 11.3 Å². The zero-order chi connectivity index (χ0) is 19.3. The molecular formula is C22H25N4O2+. The molecule has 0 bridgehead atoms. The van der Waals surface area contributed by atoms with E-state index in [-0.39, 0.29) is 17.4 Å². The fraction of sp³-hybridized carbons (Fsp3) is 0.318. The number of benzene rings is 2. The van der Waals surface area contributed by atoms with Crippen LogP contribution in [0.25, 0.3) is 10.9 Å². The molecule has 1 amide bonds. The predicted molar refractivity (Wildman–Crippen MR) is 108 cm³/mol. The standard InChI is InChI=1S/C22H24N4O2/c27-21-14-23-26(20-9-5-4-8-19(20)21)13-11-22(28)24-18-10-12-25(16-18)15-17-6-2-1-3-7-17/h1-9,14,18H,10-13,15-16H2,(H,24,28)/p+1/t18-/m1/s1. The zero-order valence-corrected chi connectivity index (χ0v) is 15.8. The Morgan fingerprint density at radius 3 is 2.79 bits per heavy atom. The lowest BCUT2D eigenvalue weighted by atomic mass is 10.2. The Morgan fingerprint density at radius 1 is 1.14 bits per heavy atom. The minimum atomic E-state index is -0.0938. The van der Waals surface area contributed by atoms with Gasteiger partial charge >= 0.3 is 0 Å². The van der Waals surface area contributed by atoms with Crippen molar-refractivity contribution >= 4 is 16.8 Å². The predicted octanol–water partition coefficient (Wildman–Crippen LogP) is 0.760. The van der Waals surface area contributed by atoms with Crippen molar-refractivity contribution in [1.82, 2.24) is 15.1 Å². The summed E-state index contributed by atoms with van der Waals surface area (Å²) in [5, 5.41) is 7.98. The zero-order valence-electron chi connectivity index (χ0n) is 15.8. The number of hydrogen-bond acceptors (Lipinski definition) is 3. The smallest absolute Gasteiger partial charge is 0.222 e. The van der Waals surface area contributed by atoms with Gasteiger partial charge in [-0.15, -0.1) is 0 Å². The van der Waals surface area contributed by atoms with Gasteiger partial charge in [-0.3, -0.25) is 14.3 Å². The number of hydrogen-bond donors (Lipinski definition) is 2. The van der Waals surface area contributed by atoms with Gasteiger partial charge in [-0.1, -0.05) is 42.5 Å². The molecule has 1 aliphatic heterocycles. The number of para-hydroxylation sites is 1. The van der Waals surface area contributed by atoms with E-state index in [4.69, 9.17) is 0 Å². The van der Waals surface area contributed by atoms with Crippen LogP contribution in [0, 0.1) is 0 Å². The summed E-state index contributed by atoms with van der Waals surface area (Å²) in [4.78, 5) is 25.8. The Balaban J connectivity index is 1.30. The van der Waals surface area contributed by atoms with Gasteiger partial charge in [0.1, 0.15) is 6.54 Å². The SMILES string of the molecule is O=C(CCn1ncc(=O)c2ccccc21)N[C@@H]1CC[NH+](Cc2ccccc2)C1. The summed E-state index contributed by atoms with van der Waals surface area (Å²) >= 11 is 0. The van der Waals surface area contributed by atoms with Gasteiger partial charge in [-0.2, -0.15) is 5.10 Å². The van der Waals surface area contributed by atoms with Crippen molar-refractivity contribution in [2.24, 2.45) is 0 Å². The number of carbonyl (C=O) groups excluding carboxylic acids is 1. The third-order valence-corrected chi connectivity index (χ3v) is 5.36. The number of quaternary nitrogens is 1. The van der Waals surface area contributed by atoms with Gasteiger partial charge in [-0.25, -0.2) is 0 Å². The quantitative estimate of drug-likeness (QED) is 0.667. The normalized spacial score (nSPS) is 19.0. The monoisotopic (exact) mass is 377 g/mol. The summed E-state index contributed by atoms with van der Waals surface area (Å²) in [7, 11) is 0. The van der Waals surface area contributed by atoms with Crippen LogP contribution in [-0.2, 0) is 17.9 Å². The van der Waals surface area contributed by atoms with Gasteiger partial charge in [-0.05, 0) is 12.1 Å². The molecule has 6 heteroatoms. The summed E-state index contributed by atoms with van der Waals surface area (Å²) in [6.45, 7) is 3.49. The van der Waals surface area contributed by atoms with E-state index in [2.05, 4.69) is 34.7 Å². The Morgan fingerprint density at radius 2 is 1.93 bits per heavy atom. The number of aryl methyl sites for hydroxylation is 1. The highest BCUT2D eigenvalue weighted by Crippen LogP contribution is 2.08. The molecular weight excluding hydrogens is 352 g/mol. The Kier molecular flexibility index (Phi) is 5.48. The molecule has 144 valence electrons. The van der Waals surface area contributed by atoms with Gasteiger partial charge in [0, 0.05) is 23.8 Å². The third kappa shape index (κ3) is 4.28. The fourth-order valence-corrected chi connectivity index (χ4v) is 3.95. The molecule has 0 radical (unpaired) electrons. The molecule has 2 atom stereocenters. The van der Waals surface area contributed by atoms with Crippen molar-refractivity contribution in [2.75, 3.05) is 13.1 Å². The first-order valence-corrected chi connectivity index (χ1v) is 9.81. The van der Waals surface area contributed by atoms with Crippen LogP contribution in [0.15, 0.2) is 65.6 Å². The van der Waals surface area contributed by atoms with Crippen molar-refractivity contribution < 1.29 is 9.69 Å². The summed E-state index contributed by atoms with van der Waals surface area (Å²) in [5.74, 6) is 0.0375. The van der Waals surface area contributed by atoms with Crippen LogP contribution in [0.1, 0.15) is 18.4 Å². The Bertz CT molecular complexity index is 1020. The van der Waals surface area contributed by atoms with Crippen molar-refractivity contribution in [3.05, 3.63) is 76.6 Å². The largest absolute Gasteiger partial charge is 0.347 e. The van der Waals surface area contributed by atoms with Gasteiger partial charge in [0.25, 0.3) is 0 Å². The van der Waals surface area contributed by atoms with Crippen LogP contribution >= 0.6 is 0 Å². The summed E-state index contributed by atoms with van der Waals surface area (Å²) in [6, 6.07) is 18.1.